The molecule has 0 atom stereocenters. The van der Waals surface area contributed by atoms with Gasteiger partial charge >= 0.3 is 0 Å². The zero-order chi connectivity index (χ0) is 19.5. The molecule has 4 heteroatoms. The van der Waals surface area contributed by atoms with E-state index in [9.17, 15) is 0 Å². The van der Waals surface area contributed by atoms with Gasteiger partial charge in [0.2, 0.25) is 0 Å². The van der Waals surface area contributed by atoms with Crippen molar-refractivity contribution in [1.82, 2.24) is 10.1 Å². The number of ether oxygens (including phenoxy) is 1. The van der Waals surface area contributed by atoms with Gasteiger partial charge in [-0.3, -0.25) is 0 Å². The molecule has 0 saturated carbocycles. The SMILES string of the molecule is c1ccc(-c2cnoc2-c2ccc(OCc3ccc4ccccc4n3)cc2)cc1. The highest BCUT2D eigenvalue weighted by atomic mass is 16.5. The molecular weight excluding hydrogens is 360 g/mol. The fourth-order valence-corrected chi connectivity index (χ4v) is 3.32. The van der Waals surface area contributed by atoms with Gasteiger partial charge in [0.25, 0.3) is 0 Å². The van der Waals surface area contributed by atoms with Crippen molar-refractivity contribution in [3.05, 3.63) is 103 Å². The number of hydrogen-bond acceptors (Lipinski definition) is 4. The summed E-state index contributed by atoms with van der Waals surface area (Å²) < 4.78 is 11.4. The third kappa shape index (κ3) is 3.60. The Morgan fingerprint density at radius 1 is 0.724 bits per heavy atom. The molecule has 2 aromatic heterocycles. The number of aromatic nitrogens is 2. The molecule has 0 radical (unpaired) electrons. The number of pyridine rings is 1. The maximum absolute atomic E-state index is 5.92. The average Bonchev–Trinajstić information content (AvgIpc) is 3.28. The topological polar surface area (TPSA) is 48.2 Å². The predicted octanol–water partition coefficient (Wildman–Crippen LogP) is 6.14. The quantitative estimate of drug-likeness (QED) is 0.369. The van der Waals surface area contributed by atoms with E-state index in [2.05, 4.69) is 22.3 Å². The summed E-state index contributed by atoms with van der Waals surface area (Å²) in [4.78, 5) is 4.65. The number of nitrogens with zero attached hydrogens (tertiary/aromatic N) is 2. The van der Waals surface area contributed by atoms with Crippen LogP contribution in [0.1, 0.15) is 5.69 Å². The van der Waals surface area contributed by atoms with Crippen LogP contribution in [0, 0.1) is 0 Å². The molecule has 140 valence electrons. The first-order valence-corrected chi connectivity index (χ1v) is 9.45. The Hall–Kier alpha value is -3.92. The molecule has 4 nitrogen and oxygen atoms in total. The van der Waals surface area contributed by atoms with E-state index in [4.69, 9.17) is 9.26 Å². The fourth-order valence-electron chi connectivity index (χ4n) is 3.32. The molecule has 5 aromatic rings. The van der Waals surface area contributed by atoms with Crippen LogP contribution in [0.3, 0.4) is 0 Å². The minimum atomic E-state index is 0.418. The second-order valence-electron chi connectivity index (χ2n) is 6.74. The highest BCUT2D eigenvalue weighted by molar-refractivity contribution is 5.79. The largest absolute Gasteiger partial charge is 0.487 e. The van der Waals surface area contributed by atoms with E-state index in [0.717, 1.165) is 44.8 Å². The number of hydrogen-bond donors (Lipinski definition) is 0. The van der Waals surface area contributed by atoms with Gasteiger partial charge in [0, 0.05) is 16.5 Å². The highest BCUT2D eigenvalue weighted by Gasteiger charge is 2.12. The maximum atomic E-state index is 5.92. The molecule has 3 aromatic carbocycles. The molecule has 0 N–H and O–H groups in total. The van der Waals surface area contributed by atoms with Gasteiger partial charge in [-0.1, -0.05) is 59.8 Å². The zero-order valence-electron chi connectivity index (χ0n) is 15.7. The van der Waals surface area contributed by atoms with E-state index in [0.29, 0.717) is 6.61 Å². The smallest absolute Gasteiger partial charge is 0.174 e. The Labute approximate surface area is 168 Å². The first-order chi connectivity index (χ1) is 14.4. The first kappa shape index (κ1) is 17.2. The monoisotopic (exact) mass is 378 g/mol. The second kappa shape index (κ2) is 7.60. The molecule has 0 fully saturated rings. The lowest BCUT2D eigenvalue weighted by molar-refractivity contribution is 0.302. The normalized spacial score (nSPS) is 10.9. The molecule has 0 aliphatic carbocycles. The highest BCUT2D eigenvalue weighted by Crippen LogP contribution is 2.32. The summed E-state index contributed by atoms with van der Waals surface area (Å²) in [6.45, 7) is 0.418. The minimum Gasteiger partial charge on any atom is -0.487 e. The molecule has 5 rings (SSSR count). The van der Waals surface area contributed by atoms with Crippen LogP contribution >= 0.6 is 0 Å². The van der Waals surface area contributed by atoms with Gasteiger partial charge in [0.15, 0.2) is 5.76 Å². The van der Waals surface area contributed by atoms with E-state index in [1.54, 1.807) is 6.20 Å². The number of para-hydroxylation sites is 1. The van der Waals surface area contributed by atoms with Gasteiger partial charge in [-0.25, -0.2) is 4.98 Å². The molecule has 2 heterocycles. The van der Waals surface area contributed by atoms with E-state index >= 15 is 0 Å². The molecule has 0 aliphatic rings. The van der Waals surface area contributed by atoms with Crippen LogP contribution in [0.2, 0.25) is 0 Å². The molecule has 0 saturated heterocycles. The zero-order valence-corrected chi connectivity index (χ0v) is 15.7. The number of benzene rings is 3. The van der Waals surface area contributed by atoms with Crippen molar-refractivity contribution in [3.8, 4) is 28.2 Å². The fraction of sp³-hybridized carbons (Fsp3) is 0.0400. The molecule has 0 amide bonds. The Bertz CT molecular complexity index is 1240. The van der Waals surface area contributed by atoms with Crippen molar-refractivity contribution >= 4 is 10.9 Å². The first-order valence-electron chi connectivity index (χ1n) is 9.45. The van der Waals surface area contributed by atoms with E-state index in [1.165, 1.54) is 0 Å². The second-order valence-corrected chi connectivity index (χ2v) is 6.74. The third-order valence-electron chi connectivity index (χ3n) is 4.81. The lowest BCUT2D eigenvalue weighted by Gasteiger charge is -2.08. The lowest BCUT2D eigenvalue weighted by Crippen LogP contribution is -1.98. The summed E-state index contributed by atoms with van der Waals surface area (Å²) in [5, 5.41) is 5.11. The van der Waals surface area contributed by atoms with Gasteiger partial charge in [0.1, 0.15) is 12.4 Å². The summed E-state index contributed by atoms with van der Waals surface area (Å²) in [6.07, 6.45) is 1.75. The number of rotatable bonds is 5. The Morgan fingerprint density at radius 3 is 2.38 bits per heavy atom. The van der Waals surface area contributed by atoms with Gasteiger partial charge in [-0.05, 0) is 42.0 Å². The van der Waals surface area contributed by atoms with E-state index in [1.807, 2.05) is 78.9 Å². The van der Waals surface area contributed by atoms with Crippen molar-refractivity contribution in [2.45, 2.75) is 6.61 Å². The van der Waals surface area contributed by atoms with Crippen molar-refractivity contribution < 1.29 is 9.26 Å². The van der Waals surface area contributed by atoms with Crippen molar-refractivity contribution in [2.24, 2.45) is 0 Å². The van der Waals surface area contributed by atoms with Crippen LogP contribution in [-0.4, -0.2) is 10.1 Å². The van der Waals surface area contributed by atoms with Gasteiger partial charge < -0.3 is 9.26 Å². The van der Waals surface area contributed by atoms with Gasteiger partial charge in [-0.15, -0.1) is 0 Å². The average molecular weight is 378 g/mol. The Morgan fingerprint density at radius 2 is 1.52 bits per heavy atom. The van der Waals surface area contributed by atoms with Crippen LogP contribution < -0.4 is 4.74 Å². The maximum Gasteiger partial charge on any atom is 0.174 e. The lowest BCUT2D eigenvalue weighted by atomic mass is 10.0. The Balaban J connectivity index is 1.32. The van der Waals surface area contributed by atoms with E-state index in [-0.39, 0.29) is 0 Å². The van der Waals surface area contributed by atoms with Crippen molar-refractivity contribution in [3.63, 3.8) is 0 Å². The molecule has 0 aliphatic heterocycles. The van der Waals surface area contributed by atoms with Crippen LogP contribution in [0.15, 0.2) is 102 Å². The van der Waals surface area contributed by atoms with Gasteiger partial charge in [0.05, 0.1) is 17.4 Å². The van der Waals surface area contributed by atoms with Gasteiger partial charge in [-0.2, -0.15) is 0 Å². The van der Waals surface area contributed by atoms with Crippen LogP contribution in [0.5, 0.6) is 5.75 Å². The van der Waals surface area contributed by atoms with E-state index < -0.39 is 0 Å². The summed E-state index contributed by atoms with van der Waals surface area (Å²) >= 11 is 0. The minimum absolute atomic E-state index is 0.418. The number of fused-ring (bicyclic) bond motifs is 1. The summed E-state index contributed by atoms with van der Waals surface area (Å²) in [7, 11) is 0. The predicted molar refractivity (Wildman–Crippen MR) is 113 cm³/mol. The van der Waals surface area contributed by atoms with Crippen molar-refractivity contribution in [1.29, 1.82) is 0 Å². The molecule has 0 bridgehead atoms. The van der Waals surface area contributed by atoms with Crippen LogP contribution in [0.25, 0.3) is 33.4 Å². The van der Waals surface area contributed by atoms with Crippen LogP contribution in [-0.2, 0) is 6.61 Å². The molecule has 0 unspecified atom stereocenters. The third-order valence-corrected chi connectivity index (χ3v) is 4.81. The summed E-state index contributed by atoms with van der Waals surface area (Å²) in [5.41, 5.74) is 4.88. The summed E-state index contributed by atoms with van der Waals surface area (Å²) in [5.74, 6) is 1.53. The summed E-state index contributed by atoms with van der Waals surface area (Å²) in [6, 6.07) is 30.1. The standard InChI is InChI=1S/C25H18N2O2/c1-2-6-18(7-3-1)23-16-26-29-25(23)20-11-14-22(15-12-20)28-17-21-13-10-19-8-4-5-9-24(19)27-21/h1-16H,17H2. The molecule has 0 spiro atoms. The Kier molecular flexibility index (Phi) is 4.51. The molecular formula is C25H18N2O2. The molecule has 29 heavy (non-hydrogen) atoms. The van der Waals surface area contributed by atoms with Crippen molar-refractivity contribution in [2.75, 3.05) is 0 Å². The van der Waals surface area contributed by atoms with Crippen LogP contribution in [0.4, 0.5) is 0 Å².